The lowest BCUT2D eigenvalue weighted by molar-refractivity contribution is -0.119. The van der Waals surface area contributed by atoms with E-state index in [9.17, 15) is 19.8 Å². The molecule has 0 aliphatic carbocycles. The molecule has 0 aliphatic rings. The lowest BCUT2D eigenvalue weighted by Crippen LogP contribution is -2.21. The van der Waals surface area contributed by atoms with E-state index in [1.54, 1.807) is 25.6 Å². The fourth-order valence-corrected chi connectivity index (χ4v) is 2.03. The first-order valence-electron chi connectivity index (χ1n) is 6.78. The number of phenolic OH excluding ortho intramolecular Hbond substituents is 2. The second kappa shape index (κ2) is 6.39. The van der Waals surface area contributed by atoms with Gasteiger partial charge in [0.1, 0.15) is 17.1 Å². The zero-order valence-electron chi connectivity index (χ0n) is 13.0. The molecule has 1 heterocycles. The molecule has 1 aromatic heterocycles. The summed E-state index contributed by atoms with van der Waals surface area (Å²) in [7, 11) is 1.76. The van der Waals surface area contributed by atoms with Crippen LogP contribution in [0.25, 0.3) is 0 Å². The Morgan fingerprint density at radius 2 is 2.00 bits per heavy atom. The summed E-state index contributed by atoms with van der Waals surface area (Å²) in [6.07, 6.45) is 0. The van der Waals surface area contributed by atoms with Crippen LogP contribution in [-0.2, 0) is 16.6 Å². The van der Waals surface area contributed by atoms with Gasteiger partial charge in [-0.2, -0.15) is 5.10 Å². The van der Waals surface area contributed by atoms with Gasteiger partial charge in [0.15, 0.2) is 6.61 Å². The highest BCUT2D eigenvalue weighted by molar-refractivity contribution is 5.97. The van der Waals surface area contributed by atoms with Crippen molar-refractivity contribution in [1.82, 2.24) is 9.78 Å². The van der Waals surface area contributed by atoms with Crippen LogP contribution in [0.15, 0.2) is 18.2 Å². The number of anilines is 1. The van der Waals surface area contributed by atoms with Gasteiger partial charge in [-0.15, -0.1) is 0 Å². The molecule has 0 atom stereocenters. The average Bonchev–Trinajstić information content (AvgIpc) is 2.71. The highest BCUT2D eigenvalue weighted by atomic mass is 16.5. The number of carbonyl (C=O) groups is 2. The highest BCUT2D eigenvalue weighted by Crippen LogP contribution is 2.23. The van der Waals surface area contributed by atoms with E-state index < -0.39 is 24.2 Å². The van der Waals surface area contributed by atoms with Gasteiger partial charge in [0.25, 0.3) is 5.91 Å². The first-order valence-corrected chi connectivity index (χ1v) is 6.78. The molecule has 1 aromatic carbocycles. The summed E-state index contributed by atoms with van der Waals surface area (Å²) in [6, 6.07) is 3.46. The average molecular weight is 319 g/mol. The Morgan fingerprint density at radius 1 is 1.30 bits per heavy atom. The van der Waals surface area contributed by atoms with Gasteiger partial charge in [-0.25, -0.2) is 4.79 Å². The first-order chi connectivity index (χ1) is 10.8. The Hall–Kier alpha value is -3.03. The number of nitrogens with one attached hydrogen (secondary N) is 1. The Morgan fingerprint density at radius 3 is 2.57 bits per heavy atom. The van der Waals surface area contributed by atoms with Gasteiger partial charge >= 0.3 is 5.97 Å². The van der Waals surface area contributed by atoms with Crippen molar-refractivity contribution in [3.05, 3.63) is 35.2 Å². The van der Waals surface area contributed by atoms with E-state index in [0.717, 1.165) is 11.8 Å². The van der Waals surface area contributed by atoms with Gasteiger partial charge in [0.05, 0.1) is 17.1 Å². The Labute approximate surface area is 132 Å². The van der Waals surface area contributed by atoms with Gasteiger partial charge in [-0.3, -0.25) is 9.48 Å². The topological polar surface area (TPSA) is 114 Å². The summed E-state index contributed by atoms with van der Waals surface area (Å²) in [5.74, 6) is -1.98. The lowest BCUT2D eigenvalue weighted by atomic mass is 10.2. The van der Waals surface area contributed by atoms with Crippen molar-refractivity contribution < 1.29 is 24.5 Å². The SMILES string of the molecule is Cc1nn(C)c(C)c1NC(=O)COC(=O)c1ccc(O)cc1O. The Balaban J connectivity index is 1.97. The number of esters is 1. The van der Waals surface area contributed by atoms with Crippen molar-refractivity contribution >= 4 is 17.6 Å². The second-order valence-corrected chi connectivity index (χ2v) is 5.00. The third-order valence-electron chi connectivity index (χ3n) is 3.31. The van der Waals surface area contributed by atoms with Crippen LogP contribution in [0.2, 0.25) is 0 Å². The normalized spacial score (nSPS) is 10.4. The van der Waals surface area contributed by atoms with E-state index in [1.165, 1.54) is 12.1 Å². The van der Waals surface area contributed by atoms with Crippen LogP contribution in [0.3, 0.4) is 0 Å². The molecule has 2 aromatic rings. The molecule has 0 radical (unpaired) electrons. The minimum atomic E-state index is -0.864. The maximum atomic E-state index is 11.9. The maximum Gasteiger partial charge on any atom is 0.342 e. The zero-order valence-corrected chi connectivity index (χ0v) is 13.0. The van der Waals surface area contributed by atoms with Crippen molar-refractivity contribution in [2.75, 3.05) is 11.9 Å². The third kappa shape index (κ3) is 3.60. The molecule has 122 valence electrons. The molecule has 0 unspecified atom stereocenters. The number of phenols is 2. The van der Waals surface area contributed by atoms with Gasteiger partial charge in [0, 0.05) is 13.1 Å². The van der Waals surface area contributed by atoms with E-state index in [1.807, 2.05) is 0 Å². The summed E-state index contributed by atoms with van der Waals surface area (Å²) in [5, 5.41) is 25.5. The van der Waals surface area contributed by atoms with Crippen molar-refractivity contribution in [3.8, 4) is 11.5 Å². The second-order valence-electron chi connectivity index (χ2n) is 5.00. The number of hydrogen-bond donors (Lipinski definition) is 3. The van der Waals surface area contributed by atoms with E-state index in [0.29, 0.717) is 11.4 Å². The number of hydrogen-bond acceptors (Lipinski definition) is 6. The number of amides is 1. The molecule has 0 aliphatic heterocycles. The van der Waals surface area contributed by atoms with Crippen LogP contribution in [0.1, 0.15) is 21.7 Å². The summed E-state index contributed by atoms with van der Waals surface area (Å²) in [4.78, 5) is 23.7. The summed E-state index contributed by atoms with van der Waals surface area (Å²) < 4.78 is 6.48. The number of benzene rings is 1. The van der Waals surface area contributed by atoms with E-state index >= 15 is 0 Å². The van der Waals surface area contributed by atoms with E-state index in [2.05, 4.69) is 10.4 Å². The van der Waals surface area contributed by atoms with Crippen LogP contribution in [0, 0.1) is 13.8 Å². The van der Waals surface area contributed by atoms with Gasteiger partial charge in [-0.1, -0.05) is 0 Å². The summed E-state index contributed by atoms with van der Waals surface area (Å²) in [5.41, 5.74) is 1.87. The summed E-state index contributed by atoms with van der Waals surface area (Å²) in [6.45, 7) is 3.05. The van der Waals surface area contributed by atoms with Crippen molar-refractivity contribution in [3.63, 3.8) is 0 Å². The molecule has 0 bridgehead atoms. The smallest absolute Gasteiger partial charge is 0.342 e. The molecule has 0 saturated heterocycles. The number of aryl methyl sites for hydroxylation is 2. The van der Waals surface area contributed by atoms with Gasteiger partial charge < -0.3 is 20.3 Å². The highest BCUT2D eigenvalue weighted by Gasteiger charge is 2.17. The molecule has 0 saturated carbocycles. The maximum absolute atomic E-state index is 11.9. The molecular formula is C15H17N3O5. The number of rotatable bonds is 4. The van der Waals surface area contributed by atoms with Crippen molar-refractivity contribution in [2.24, 2.45) is 7.05 Å². The number of aromatic nitrogens is 2. The van der Waals surface area contributed by atoms with Crippen LogP contribution in [0.4, 0.5) is 5.69 Å². The predicted octanol–water partition coefficient (Wildman–Crippen LogP) is 1.24. The monoisotopic (exact) mass is 319 g/mol. The molecule has 8 heteroatoms. The Kier molecular flexibility index (Phi) is 4.54. The van der Waals surface area contributed by atoms with Crippen molar-refractivity contribution in [1.29, 1.82) is 0 Å². The number of aromatic hydroxyl groups is 2. The minimum Gasteiger partial charge on any atom is -0.508 e. The van der Waals surface area contributed by atoms with Crippen molar-refractivity contribution in [2.45, 2.75) is 13.8 Å². The van der Waals surface area contributed by atoms with Gasteiger partial charge in [0.2, 0.25) is 0 Å². The van der Waals surface area contributed by atoms with Crippen LogP contribution >= 0.6 is 0 Å². The third-order valence-corrected chi connectivity index (χ3v) is 3.31. The fraction of sp³-hybridized carbons (Fsp3) is 0.267. The predicted molar refractivity (Wildman–Crippen MR) is 81.4 cm³/mol. The van der Waals surface area contributed by atoms with Gasteiger partial charge in [-0.05, 0) is 26.0 Å². The number of carbonyl (C=O) groups excluding carboxylic acids is 2. The molecule has 8 nitrogen and oxygen atoms in total. The van der Waals surface area contributed by atoms with Crippen LogP contribution in [0.5, 0.6) is 11.5 Å². The Bertz CT molecular complexity index is 767. The lowest BCUT2D eigenvalue weighted by Gasteiger charge is -2.08. The minimum absolute atomic E-state index is 0.135. The first kappa shape index (κ1) is 16.3. The largest absolute Gasteiger partial charge is 0.508 e. The molecule has 3 N–H and O–H groups in total. The molecular weight excluding hydrogens is 302 g/mol. The van der Waals surface area contributed by atoms with E-state index in [-0.39, 0.29) is 11.3 Å². The fourth-order valence-electron chi connectivity index (χ4n) is 2.03. The standard InChI is InChI=1S/C15H17N3O5/c1-8-14(9(2)18(3)17-8)16-13(21)7-23-15(22)11-5-4-10(19)6-12(11)20/h4-6,19-20H,7H2,1-3H3,(H,16,21). The summed E-state index contributed by atoms with van der Waals surface area (Å²) >= 11 is 0. The van der Waals surface area contributed by atoms with E-state index in [4.69, 9.17) is 4.74 Å². The number of nitrogens with zero attached hydrogens (tertiary/aromatic N) is 2. The molecule has 23 heavy (non-hydrogen) atoms. The van der Waals surface area contributed by atoms with Crippen LogP contribution in [-0.4, -0.2) is 38.5 Å². The quantitative estimate of drug-likeness (QED) is 0.731. The van der Waals surface area contributed by atoms with Crippen LogP contribution < -0.4 is 5.32 Å². The molecule has 2 rings (SSSR count). The molecule has 0 spiro atoms. The zero-order chi connectivity index (χ0) is 17.1. The molecule has 0 fully saturated rings. The molecule has 1 amide bonds. The number of ether oxygens (including phenoxy) is 1.